The van der Waals surface area contributed by atoms with Crippen molar-refractivity contribution in [1.29, 1.82) is 0 Å². The highest BCUT2D eigenvalue weighted by atomic mass is 32.2. The first kappa shape index (κ1) is 23.1. The molecule has 0 aliphatic carbocycles. The highest BCUT2D eigenvalue weighted by Gasteiger charge is 2.32. The van der Waals surface area contributed by atoms with Crippen LogP contribution in [0.3, 0.4) is 0 Å². The lowest BCUT2D eigenvalue weighted by Gasteiger charge is -2.11. The van der Waals surface area contributed by atoms with Gasteiger partial charge in [-0.05, 0) is 43.3 Å². The number of anilines is 1. The zero-order valence-corrected chi connectivity index (χ0v) is 17.2. The molecule has 0 saturated carbocycles. The number of ether oxygens (including phenoxy) is 2. The molecule has 1 aliphatic rings. The van der Waals surface area contributed by atoms with Crippen molar-refractivity contribution in [3.63, 3.8) is 0 Å². The Morgan fingerprint density at radius 3 is 2.44 bits per heavy atom. The lowest BCUT2D eigenvalue weighted by atomic mass is 10.2. The van der Waals surface area contributed by atoms with Gasteiger partial charge < -0.3 is 14.8 Å². The molecule has 0 aromatic heterocycles. The maximum atomic E-state index is 12.1. The fourth-order valence-electron chi connectivity index (χ4n) is 2.67. The highest BCUT2D eigenvalue weighted by molar-refractivity contribution is 7.90. The summed E-state index contributed by atoms with van der Waals surface area (Å²) < 4.78 is 71.4. The SMILES string of the molecule is C[C@@H](N=C1NS(=O)(=O)c2ccccc21)C(=O)OCC(=O)Nc1ccc(OC(F)(F)F)cc1. The zero-order valence-electron chi connectivity index (χ0n) is 16.3. The van der Waals surface area contributed by atoms with Gasteiger partial charge in [0, 0.05) is 11.3 Å². The summed E-state index contributed by atoms with van der Waals surface area (Å²) in [5.74, 6) is -2.10. The summed E-state index contributed by atoms with van der Waals surface area (Å²) in [6, 6.07) is 9.35. The predicted octanol–water partition coefficient (Wildman–Crippen LogP) is 2.19. The number of nitrogens with one attached hydrogen (secondary N) is 2. The number of nitrogens with zero attached hydrogens (tertiary/aromatic N) is 1. The molecule has 32 heavy (non-hydrogen) atoms. The number of carbonyl (C=O) groups excluding carboxylic acids is 2. The first-order valence-electron chi connectivity index (χ1n) is 8.97. The van der Waals surface area contributed by atoms with E-state index in [9.17, 15) is 31.2 Å². The number of alkyl halides is 3. The molecule has 1 atom stereocenters. The average Bonchev–Trinajstić information content (AvgIpc) is 2.97. The number of hydrogen-bond acceptors (Lipinski definition) is 7. The molecule has 1 heterocycles. The lowest BCUT2D eigenvalue weighted by molar-refractivity contribution is -0.274. The molecule has 13 heteroatoms. The Morgan fingerprint density at radius 2 is 1.78 bits per heavy atom. The molecule has 170 valence electrons. The monoisotopic (exact) mass is 471 g/mol. The van der Waals surface area contributed by atoms with Gasteiger partial charge in [0.15, 0.2) is 6.61 Å². The molecule has 0 unspecified atom stereocenters. The average molecular weight is 471 g/mol. The topological polar surface area (TPSA) is 123 Å². The summed E-state index contributed by atoms with van der Waals surface area (Å²) in [7, 11) is -3.77. The van der Waals surface area contributed by atoms with Crippen LogP contribution in [0.5, 0.6) is 5.75 Å². The van der Waals surface area contributed by atoms with Crippen LogP contribution >= 0.6 is 0 Å². The van der Waals surface area contributed by atoms with Crippen molar-refractivity contribution in [2.24, 2.45) is 4.99 Å². The molecule has 0 radical (unpaired) electrons. The molecule has 0 saturated heterocycles. The van der Waals surface area contributed by atoms with Crippen molar-refractivity contribution in [2.45, 2.75) is 24.2 Å². The number of rotatable bonds is 6. The van der Waals surface area contributed by atoms with Gasteiger partial charge in [-0.2, -0.15) is 0 Å². The van der Waals surface area contributed by atoms with Gasteiger partial charge >= 0.3 is 12.3 Å². The lowest BCUT2D eigenvalue weighted by Crippen LogP contribution is -2.28. The summed E-state index contributed by atoms with van der Waals surface area (Å²) in [6.45, 7) is 0.680. The van der Waals surface area contributed by atoms with Gasteiger partial charge in [-0.25, -0.2) is 13.2 Å². The molecule has 2 aromatic rings. The number of halogens is 3. The minimum Gasteiger partial charge on any atom is -0.454 e. The highest BCUT2D eigenvalue weighted by Crippen LogP contribution is 2.24. The predicted molar refractivity (Wildman–Crippen MR) is 105 cm³/mol. The first-order valence-corrected chi connectivity index (χ1v) is 10.5. The molecule has 3 rings (SSSR count). The summed E-state index contributed by atoms with van der Waals surface area (Å²) in [6.07, 6.45) is -4.83. The largest absolute Gasteiger partial charge is 0.573 e. The van der Waals surface area contributed by atoms with E-state index >= 15 is 0 Å². The molecule has 1 aliphatic heterocycles. The van der Waals surface area contributed by atoms with Crippen LogP contribution in [-0.2, 0) is 24.3 Å². The van der Waals surface area contributed by atoms with Crippen LogP contribution in [0.15, 0.2) is 58.4 Å². The van der Waals surface area contributed by atoms with Crippen molar-refractivity contribution in [3.8, 4) is 5.75 Å². The van der Waals surface area contributed by atoms with E-state index in [1.165, 1.54) is 31.2 Å². The number of fused-ring (bicyclic) bond motifs is 1. The van der Waals surface area contributed by atoms with Gasteiger partial charge in [-0.1, -0.05) is 12.1 Å². The third-order valence-corrected chi connectivity index (χ3v) is 5.44. The zero-order chi connectivity index (χ0) is 23.5. The Morgan fingerprint density at radius 1 is 1.12 bits per heavy atom. The van der Waals surface area contributed by atoms with E-state index in [2.05, 4.69) is 19.8 Å². The van der Waals surface area contributed by atoms with Crippen molar-refractivity contribution in [2.75, 3.05) is 11.9 Å². The molecule has 9 nitrogen and oxygen atoms in total. The first-order chi connectivity index (χ1) is 14.9. The molecule has 2 aromatic carbocycles. The number of amidine groups is 1. The van der Waals surface area contributed by atoms with Crippen LogP contribution in [0.25, 0.3) is 0 Å². The van der Waals surface area contributed by atoms with Crippen molar-refractivity contribution in [1.82, 2.24) is 4.72 Å². The Labute approximate surface area is 180 Å². The second kappa shape index (κ2) is 8.86. The molecule has 0 bridgehead atoms. The van der Waals surface area contributed by atoms with Gasteiger partial charge in [0.2, 0.25) is 0 Å². The van der Waals surface area contributed by atoms with Crippen LogP contribution in [-0.4, -0.2) is 45.1 Å². The second-order valence-electron chi connectivity index (χ2n) is 6.48. The molecular weight excluding hydrogens is 455 g/mol. The van der Waals surface area contributed by atoms with Crippen molar-refractivity contribution >= 4 is 33.4 Å². The molecule has 0 spiro atoms. The van der Waals surface area contributed by atoms with E-state index in [-0.39, 0.29) is 16.4 Å². The van der Waals surface area contributed by atoms with Crippen LogP contribution in [0.4, 0.5) is 18.9 Å². The third-order valence-electron chi connectivity index (χ3n) is 4.04. The Hall–Kier alpha value is -3.61. The minimum atomic E-state index is -4.83. The minimum absolute atomic E-state index is 0.0179. The summed E-state index contributed by atoms with van der Waals surface area (Å²) in [4.78, 5) is 28.1. The number of carbonyl (C=O) groups is 2. The maximum Gasteiger partial charge on any atom is 0.573 e. The molecule has 2 N–H and O–H groups in total. The number of hydrogen-bond donors (Lipinski definition) is 2. The van der Waals surface area contributed by atoms with Crippen LogP contribution in [0, 0.1) is 0 Å². The molecule has 0 fully saturated rings. The van der Waals surface area contributed by atoms with E-state index in [0.29, 0.717) is 5.56 Å². The number of amides is 1. The summed E-state index contributed by atoms with van der Waals surface area (Å²) in [5, 5.41) is 2.34. The second-order valence-corrected chi connectivity index (χ2v) is 8.13. The smallest absolute Gasteiger partial charge is 0.454 e. The van der Waals surface area contributed by atoms with Crippen molar-refractivity contribution < 1.29 is 40.7 Å². The standard InChI is InChI=1S/C19H16F3N3O6S/c1-11(23-17-14-4-2-3-5-15(14)32(28,29)25-17)18(27)30-10-16(26)24-12-6-8-13(9-7-12)31-19(20,21)22/h2-9,11H,10H2,1H3,(H,23,25)(H,24,26)/t11-/m1/s1. The molecular formula is C19H16F3N3O6S. The Balaban J connectivity index is 1.54. The van der Waals surface area contributed by atoms with Crippen LogP contribution in [0.2, 0.25) is 0 Å². The summed E-state index contributed by atoms with van der Waals surface area (Å²) >= 11 is 0. The van der Waals surface area contributed by atoms with Gasteiger partial charge in [-0.3, -0.25) is 14.5 Å². The van der Waals surface area contributed by atoms with Gasteiger partial charge in [0.25, 0.3) is 15.9 Å². The third kappa shape index (κ3) is 5.75. The quantitative estimate of drug-likeness (QED) is 0.623. The van der Waals surface area contributed by atoms with E-state index in [0.717, 1.165) is 12.1 Å². The van der Waals surface area contributed by atoms with Gasteiger partial charge in [-0.15, -0.1) is 13.2 Å². The van der Waals surface area contributed by atoms with E-state index in [1.807, 2.05) is 0 Å². The van der Waals surface area contributed by atoms with Crippen LogP contribution < -0.4 is 14.8 Å². The maximum absolute atomic E-state index is 12.1. The number of esters is 1. The van der Waals surface area contributed by atoms with E-state index in [4.69, 9.17) is 4.74 Å². The van der Waals surface area contributed by atoms with Gasteiger partial charge in [0.05, 0.1) is 4.90 Å². The Bertz CT molecular complexity index is 1160. The Kier molecular flexibility index (Phi) is 6.39. The van der Waals surface area contributed by atoms with Crippen LogP contribution in [0.1, 0.15) is 12.5 Å². The fraction of sp³-hybridized carbons (Fsp3) is 0.211. The van der Waals surface area contributed by atoms with Gasteiger partial charge in [0.1, 0.15) is 17.6 Å². The van der Waals surface area contributed by atoms with Crippen molar-refractivity contribution in [3.05, 3.63) is 54.1 Å². The fourth-order valence-corrected chi connectivity index (χ4v) is 3.91. The number of benzene rings is 2. The van der Waals surface area contributed by atoms with E-state index < -0.39 is 46.7 Å². The summed E-state index contributed by atoms with van der Waals surface area (Å²) in [5.41, 5.74) is 0.466. The van der Waals surface area contributed by atoms with E-state index in [1.54, 1.807) is 12.1 Å². The normalized spacial score (nSPS) is 16.6. The molecule has 1 amide bonds. The number of aliphatic imine (C=N–C) groups is 1. The number of sulfonamides is 1.